The topological polar surface area (TPSA) is 72.1 Å². The summed E-state index contributed by atoms with van der Waals surface area (Å²) in [6.45, 7) is 22.8. The average molecular weight is 367 g/mol. The van der Waals surface area contributed by atoms with Gasteiger partial charge in [0.1, 0.15) is 0 Å². The zero-order valence-electron chi connectivity index (χ0n) is 14.3. The number of nitrogens with zero attached hydrogens (tertiary/aromatic N) is 1. The van der Waals surface area contributed by atoms with E-state index in [2.05, 4.69) is 75.9 Å². The Morgan fingerprint density at radius 2 is 1.50 bits per heavy atom. The quantitative estimate of drug-likeness (QED) is 0.252. The fraction of sp³-hybridized carbons (Fsp3) is 0.316. The van der Waals surface area contributed by atoms with Crippen molar-refractivity contribution < 1.29 is 31.0 Å². The average Bonchev–Trinajstić information content (AvgIpc) is 2.60. The Morgan fingerprint density at radius 1 is 1.04 bits per heavy atom. The molecule has 0 bridgehead atoms. The van der Waals surface area contributed by atoms with Crippen molar-refractivity contribution in [3.63, 3.8) is 0 Å². The third-order valence-electron chi connectivity index (χ3n) is 2.41. The van der Waals surface area contributed by atoms with Gasteiger partial charge in [-0.15, -0.1) is 0 Å². The van der Waals surface area contributed by atoms with Crippen LogP contribution in [0.3, 0.4) is 0 Å². The van der Waals surface area contributed by atoms with Gasteiger partial charge in [-0.1, -0.05) is 57.2 Å². The molecule has 0 atom stereocenters. The second-order valence-corrected chi connectivity index (χ2v) is 4.99. The van der Waals surface area contributed by atoms with E-state index in [1.54, 1.807) is 0 Å². The number of benzene rings is 1. The molecule has 0 unspecified atom stereocenters. The number of hydrogen-bond acceptors (Lipinski definition) is 1. The van der Waals surface area contributed by atoms with Crippen LogP contribution in [0.1, 0.15) is 33.3 Å². The maximum atomic E-state index is 7.50. The molecule has 5 heteroatoms. The van der Waals surface area contributed by atoms with Crippen molar-refractivity contribution in [2.75, 3.05) is 6.54 Å². The molecule has 128 valence electrons. The van der Waals surface area contributed by atoms with Crippen LogP contribution in [-0.2, 0) is 31.0 Å². The molecule has 0 aliphatic rings. The Labute approximate surface area is 155 Å². The molecule has 1 aromatic carbocycles. The van der Waals surface area contributed by atoms with Crippen molar-refractivity contribution in [1.29, 1.82) is 0 Å². The SMILES string of the molecule is CCN=C=C(/C=C/c1ccccc1)C(C)(C)C.[C-]#[O+].[C-]#[O+].[C-]#[O+].[Fe]. The summed E-state index contributed by atoms with van der Waals surface area (Å²) in [4.78, 5) is 4.21. The first-order valence-electron chi connectivity index (χ1n) is 6.68. The van der Waals surface area contributed by atoms with Gasteiger partial charge in [-0.2, -0.15) is 0 Å². The normalized spacial score (nSPS) is 8.25. The molecular weight excluding hydrogens is 346 g/mol. The fourth-order valence-corrected chi connectivity index (χ4v) is 1.36. The summed E-state index contributed by atoms with van der Waals surface area (Å²) in [6.07, 6.45) is 4.22. The smallest absolute Gasteiger partial charge is 0 e. The molecule has 0 aliphatic carbocycles. The van der Waals surface area contributed by atoms with Crippen LogP contribution in [0.2, 0.25) is 0 Å². The Morgan fingerprint density at radius 3 is 1.88 bits per heavy atom. The van der Waals surface area contributed by atoms with E-state index in [1.807, 2.05) is 25.1 Å². The summed E-state index contributed by atoms with van der Waals surface area (Å²) < 4.78 is 22.5. The molecule has 0 aliphatic heterocycles. The van der Waals surface area contributed by atoms with Crippen LogP contribution < -0.4 is 0 Å². The van der Waals surface area contributed by atoms with Gasteiger partial charge in [0.15, 0.2) is 0 Å². The predicted octanol–water partition coefficient (Wildman–Crippen LogP) is 4.25. The maximum Gasteiger partial charge on any atom is 0 e. The first kappa shape index (κ1) is 30.1. The third kappa shape index (κ3) is 16.5. The fourth-order valence-electron chi connectivity index (χ4n) is 1.36. The van der Waals surface area contributed by atoms with Crippen molar-refractivity contribution in [1.82, 2.24) is 0 Å². The molecular formula is C19H21FeNO3. The second kappa shape index (κ2) is 21.1. The van der Waals surface area contributed by atoms with E-state index >= 15 is 0 Å². The molecule has 0 heterocycles. The number of allylic oxidation sites excluding steroid dienone is 2. The largest absolute Gasteiger partial charge is 0 e. The van der Waals surface area contributed by atoms with Gasteiger partial charge in [-0.25, -0.2) is 4.99 Å². The molecule has 0 spiro atoms. The minimum Gasteiger partial charge on any atom is 0 e. The van der Waals surface area contributed by atoms with Gasteiger partial charge in [0.25, 0.3) is 0 Å². The van der Waals surface area contributed by atoms with Gasteiger partial charge < -0.3 is 0 Å². The van der Waals surface area contributed by atoms with Crippen molar-refractivity contribution >= 4 is 11.9 Å². The summed E-state index contributed by atoms with van der Waals surface area (Å²) in [5.74, 6) is 3.13. The Kier molecular flexibility index (Phi) is 26.5. The Balaban J connectivity index is -0.000000256. The van der Waals surface area contributed by atoms with E-state index in [0.717, 1.165) is 12.1 Å². The van der Waals surface area contributed by atoms with E-state index in [0.29, 0.717) is 0 Å². The van der Waals surface area contributed by atoms with Crippen molar-refractivity contribution in [3.05, 3.63) is 67.5 Å². The number of hydrogen-bond donors (Lipinski definition) is 0. The molecule has 24 heavy (non-hydrogen) atoms. The van der Waals surface area contributed by atoms with Gasteiger partial charge in [-0.3, -0.25) is 0 Å². The molecule has 0 fully saturated rings. The molecule has 0 saturated carbocycles. The van der Waals surface area contributed by atoms with Crippen LogP contribution in [-0.4, -0.2) is 12.4 Å². The molecule has 0 radical (unpaired) electrons. The first-order valence-corrected chi connectivity index (χ1v) is 6.68. The van der Waals surface area contributed by atoms with Crippen LogP contribution in [0, 0.1) is 25.4 Å². The van der Waals surface area contributed by atoms with Crippen molar-refractivity contribution in [2.45, 2.75) is 27.7 Å². The van der Waals surface area contributed by atoms with Crippen LogP contribution in [0.25, 0.3) is 6.08 Å². The monoisotopic (exact) mass is 367 g/mol. The van der Waals surface area contributed by atoms with Gasteiger partial charge in [0.2, 0.25) is 0 Å². The van der Waals surface area contributed by atoms with Gasteiger partial charge >= 0.3 is 33.9 Å². The van der Waals surface area contributed by atoms with Crippen LogP contribution in [0.15, 0.2) is 47.0 Å². The van der Waals surface area contributed by atoms with Gasteiger partial charge in [-0.05, 0) is 29.8 Å². The third-order valence-corrected chi connectivity index (χ3v) is 2.41. The summed E-state index contributed by atoms with van der Waals surface area (Å²) in [5.41, 5.74) is 2.40. The molecule has 0 amide bonds. The summed E-state index contributed by atoms with van der Waals surface area (Å²) in [6, 6.07) is 10.3. The zero-order valence-corrected chi connectivity index (χ0v) is 15.4. The molecule has 0 aromatic heterocycles. The minimum absolute atomic E-state index is 0. The molecule has 4 nitrogen and oxygen atoms in total. The van der Waals surface area contributed by atoms with Crippen LogP contribution >= 0.6 is 0 Å². The molecule has 0 N–H and O–H groups in total. The van der Waals surface area contributed by atoms with Gasteiger partial charge in [0.05, 0.1) is 0 Å². The summed E-state index contributed by atoms with van der Waals surface area (Å²) >= 11 is 0. The number of rotatable bonds is 3. The van der Waals surface area contributed by atoms with E-state index in [4.69, 9.17) is 14.0 Å². The number of aliphatic imine (C=N–C) groups is 1. The van der Waals surface area contributed by atoms with E-state index in [9.17, 15) is 0 Å². The first-order chi connectivity index (χ1) is 11.0. The van der Waals surface area contributed by atoms with Gasteiger partial charge in [0, 0.05) is 29.2 Å². The van der Waals surface area contributed by atoms with E-state index in [-0.39, 0.29) is 22.5 Å². The van der Waals surface area contributed by atoms with E-state index in [1.165, 1.54) is 5.56 Å². The minimum atomic E-state index is 0. The summed E-state index contributed by atoms with van der Waals surface area (Å²) in [5, 5.41) is 0. The maximum absolute atomic E-state index is 7.50. The predicted molar refractivity (Wildman–Crippen MR) is 88.2 cm³/mol. The Hall–Kier alpha value is -1.85. The van der Waals surface area contributed by atoms with E-state index < -0.39 is 0 Å². The second-order valence-electron chi connectivity index (χ2n) is 4.99. The molecule has 1 rings (SSSR count). The van der Waals surface area contributed by atoms with Crippen LogP contribution in [0.4, 0.5) is 0 Å². The van der Waals surface area contributed by atoms with Crippen LogP contribution in [0.5, 0.6) is 0 Å². The zero-order chi connectivity index (χ0) is 18.7. The molecule has 0 saturated heterocycles. The standard InChI is InChI=1S/C16H21N.3CO.Fe/c1-5-17-13-15(16(2,3)4)12-11-14-9-7-6-8-10-14;3*1-2;/h6-12H,5H2,1-4H3;;;;/b12-11+;;;;. The Bertz CT molecular complexity index is 543. The summed E-state index contributed by atoms with van der Waals surface area (Å²) in [7, 11) is 0. The van der Waals surface area contributed by atoms with Crippen molar-refractivity contribution in [2.24, 2.45) is 10.4 Å². The van der Waals surface area contributed by atoms with Crippen molar-refractivity contribution in [3.8, 4) is 0 Å². The molecule has 1 aromatic rings.